The van der Waals surface area contributed by atoms with Crippen LogP contribution in [0.15, 0.2) is 23.8 Å². The summed E-state index contributed by atoms with van der Waals surface area (Å²) in [6.45, 7) is 13.0. The number of phenols is 1. The Morgan fingerprint density at radius 3 is 2.10 bits per heavy atom. The minimum Gasteiger partial charge on any atom is -0.504 e. The second kappa shape index (κ2) is 13.5. The molecule has 2 aliphatic heterocycles. The summed E-state index contributed by atoms with van der Waals surface area (Å²) in [5, 5.41) is 43.8. The lowest BCUT2D eigenvalue weighted by molar-refractivity contribution is -0.347. The van der Waals surface area contributed by atoms with Gasteiger partial charge in [-0.1, -0.05) is 32.1 Å². The van der Waals surface area contributed by atoms with Gasteiger partial charge in [0.2, 0.25) is 6.29 Å². The molecule has 12 nitrogen and oxygen atoms in total. The molecule has 0 aromatic heterocycles. The number of aliphatic hydroxyl groups is 3. The van der Waals surface area contributed by atoms with E-state index in [9.17, 15) is 30.0 Å². The molecule has 2 saturated heterocycles. The number of aromatic hydroxyl groups is 1. The first-order chi connectivity index (χ1) is 19.2. The highest BCUT2D eigenvalue weighted by Gasteiger charge is 2.53. The van der Waals surface area contributed by atoms with Gasteiger partial charge < -0.3 is 48.8 Å². The van der Waals surface area contributed by atoms with Gasteiger partial charge >= 0.3 is 11.9 Å². The first-order valence-electron chi connectivity index (χ1n) is 13.7. The highest BCUT2D eigenvalue weighted by atomic mass is 16.7. The van der Waals surface area contributed by atoms with Gasteiger partial charge in [-0.25, -0.2) is 4.79 Å². The monoisotopic (exact) mass is 582 g/mol. The number of benzene rings is 1. The van der Waals surface area contributed by atoms with Crippen LogP contribution in [0.2, 0.25) is 0 Å². The van der Waals surface area contributed by atoms with Crippen LogP contribution in [-0.4, -0.2) is 93.8 Å². The number of allylic oxidation sites excluding steroid dienone is 1. The van der Waals surface area contributed by atoms with Crippen molar-refractivity contribution in [3.63, 3.8) is 0 Å². The second-order valence-corrected chi connectivity index (χ2v) is 10.8. The lowest BCUT2D eigenvalue weighted by Crippen LogP contribution is -2.64. The molecule has 2 fully saturated rings. The summed E-state index contributed by atoms with van der Waals surface area (Å²) in [5.41, 5.74) is 1.49. The molecule has 12 heteroatoms. The normalized spacial score (nSPS) is 34.3. The van der Waals surface area contributed by atoms with Gasteiger partial charge in [-0.05, 0) is 46.1 Å². The maximum Gasteiger partial charge on any atom is 0.333 e. The van der Waals surface area contributed by atoms with Gasteiger partial charge in [-0.15, -0.1) is 0 Å². The summed E-state index contributed by atoms with van der Waals surface area (Å²) in [7, 11) is 0. The molecule has 2 heterocycles. The fraction of sp³-hybridized carbons (Fsp3) is 0.655. The number of phenolic OH excluding ortho intramolecular Hbond substituents is 1. The minimum absolute atomic E-state index is 0.0416. The zero-order valence-corrected chi connectivity index (χ0v) is 24.6. The maximum atomic E-state index is 12.4. The summed E-state index contributed by atoms with van der Waals surface area (Å²) < 4.78 is 34.4. The molecule has 41 heavy (non-hydrogen) atoms. The molecule has 0 amide bonds. The molecule has 0 spiro atoms. The van der Waals surface area contributed by atoms with E-state index in [-0.39, 0.29) is 23.0 Å². The number of aryl methyl sites for hydroxylation is 1. The Balaban J connectivity index is 1.92. The van der Waals surface area contributed by atoms with Gasteiger partial charge in [0.25, 0.3) is 0 Å². The molecule has 0 saturated carbocycles. The Kier molecular flexibility index (Phi) is 10.8. The molecular formula is C29H42O12. The van der Waals surface area contributed by atoms with E-state index in [1.165, 1.54) is 26.8 Å². The third-order valence-electron chi connectivity index (χ3n) is 7.34. The van der Waals surface area contributed by atoms with E-state index in [1.54, 1.807) is 32.9 Å². The first kappa shape index (κ1) is 32.8. The fourth-order valence-corrected chi connectivity index (χ4v) is 4.71. The smallest absolute Gasteiger partial charge is 0.333 e. The maximum absolute atomic E-state index is 12.4. The third kappa shape index (κ3) is 7.19. The number of rotatable bonds is 8. The van der Waals surface area contributed by atoms with Crippen molar-refractivity contribution in [1.29, 1.82) is 0 Å². The van der Waals surface area contributed by atoms with Gasteiger partial charge in [0.1, 0.15) is 24.4 Å². The number of hydrogen-bond donors (Lipinski definition) is 4. The van der Waals surface area contributed by atoms with Crippen LogP contribution in [-0.2, 0) is 33.3 Å². The van der Waals surface area contributed by atoms with E-state index >= 15 is 0 Å². The standard InChI is InChI=1S/C29H42O12/c1-9-13(4)27(35)39-25-20(32)15(6)36-28(21(25)33)41-26-22(34)29(37-16(7)23(26)38-17(8)30)40-24-18(12(2)3)11-10-14(5)19(24)31/h9-12,15-16,20-23,25-26,28-29,31-34H,1-8H3. The Hall–Kier alpha value is -2.74. The number of carbonyl (C=O) groups excluding carboxylic acids is 2. The van der Waals surface area contributed by atoms with Crippen LogP contribution in [0.25, 0.3) is 0 Å². The van der Waals surface area contributed by atoms with Crippen molar-refractivity contribution in [2.75, 3.05) is 0 Å². The topological polar surface area (TPSA) is 170 Å². The largest absolute Gasteiger partial charge is 0.504 e. The van der Waals surface area contributed by atoms with Crippen molar-refractivity contribution in [3.8, 4) is 11.5 Å². The molecule has 230 valence electrons. The molecule has 10 atom stereocenters. The van der Waals surface area contributed by atoms with E-state index in [0.29, 0.717) is 11.1 Å². The van der Waals surface area contributed by atoms with Crippen LogP contribution in [0, 0.1) is 6.92 Å². The van der Waals surface area contributed by atoms with E-state index in [1.807, 2.05) is 13.8 Å². The molecule has 3 rings (SSSR count). The summed E-state index contributed by atoms with van der Waals surface area (Å²) in [6, 6.07) is 3.55. The number of hydrogen-bond acceptors (Lipinski definition) is 12. The fourth-order valence-electron chi connectivity index (χ4n) is 4.71. The van der Waals surface area contributed by atoms with E-state index in [4.69, 9.17) is 28.4 Å². The van der Waals surface area contributed by atoms with Gasteiger partial charge in [-0.3, -0.25) is 4.79 Å². The molecule has 0 aliphatic carbocycles. The number of esters is 2. The average molecular weight is 583 g/mol. The van der Waals surface area contributed by atoms with Crippen LogP contribution in [0.1, 0.15) is 65.5 Å². The lowest BCUT2D eigenvalue weighted by atomic mass is 9.96. The predicted octanol–water partition coefficient (Wildman–Crippen LogP) is 1.97. The van der Waals surface area contributed by atoms with Crippen LogP contribution in [0.4, 0.5) is 0 Å². The molecule has 10 unspecified atom stereocenters. The number of carbonyl (C=O) groups is 2. The molecule has 2 aliphatic rings. The quantitative estimate of drug-likeness (QED) is 0.260. The van der Waals surface area contributed by atoms with Crippen molar-refractivity contribution in [2.45, 2.75) is 123 Å². The van der Waals surface area contributed by atoms with Crippen molar-refractivity contribution < 1.29 is 58.4 Å². The second-order valence-electron chi connectivity index (χ2n) is 10.8. The van der Waals surface area contributed by atoms with E-state index in [2.05, 4.69) is 0 Å². The van der Waals surface area contributed by atoms with Crippen LogP contribution in [0.5, 0.6) is 11.5 Å². The molecular weight excluding hydrogens is 540 g/mol. The first-order valence-corrected chi connectivity index (χ1v) is 13.7. The summed E-state index contributed by atoms with van der Waals surface area (Å²) >= 11 is 0. The molecule has 4 N–H and O–H groups in total. The van der Waals surface area contributed by atoms with Gasteiger partial charge in [0.05, 0.1) is 12.2 Å². The Labute approximate surface area is 239 Å². The average Bonchev–Trinajstić information content (AvgIpc) is 2.91. The summed E-state index contributed by atoms with van der Waals surface area (Å²) in [5.74, 6) is -1.45. The Morgan fingerprint density at radius 1 is 0.902 bits per heavy atom. The van der Waals surface area contributed by atoms with Gasteiger partial charge in [0.15, 0.2) is 30.0 Å². The molecule has 1 aromatic carbocycles. The molecule has 0 bridgehead atoms. The molecule has 0 radical (unpaired) electrons. The highest BCUT2D eigenvalue weighted by molar-refractivity contribution is 5.87. The van der Waals surface area contributed by atoms with Crippen LogP contribution in [0.3, 0.4) is 0 Å². The van der Waals surface area contributed by atoms with Crippen molar-refractivity contribution in [3.05, 3.63) is 34.9 Å². The predicted molar refractivity (Wildman–Crippen MR) is 144 cm³/mol. The zero-order valence-electron chi connectivity index (χ0n) is 24.6. The zero-order chi connectivity index (χ0) is 30.8. The Morgan fingerprint density at radius 2 is 1.51 bits per heavy atom. The minimum atomic E-state index is -1.68. The lowest BCUT2D eigenvalue weighted by Gasteiger charge is -2.46. The van der Waals surface area contributed by atoms with Gasteiger partial charge in [0, 0.05) is 18.1 Å². The Bertz CT molecular complexity index is 1120. The van der Waals surface area contributed by atoms with E-state index in [0.717, 1.165) is 0 Å². The SMILES string of the molecule is CC=C(C)C(=O)OC1C(O)C(C)OC(OC2C(O)C(Oc3c(C(C)C)ccc(C)c3O)OC(C)C2OC(C)=O)C1O. The van der Waals surface area contributed by atoms with E-state index < -0.39 is 73.4 Å². The van der Waals surface area contributed by atoms with Crippen LogP contribution >= 0.6 is 0 Å². The number of aliphatic hydroxyl groups excluding tert-OH is 3. The van der Waals surface area contributed by atoms with Crippen molar-refractivity contribution >= 4 is 11.9 Å². The van der Waals surface area contributed by atoms with Crippen molar-refractivity contribution in [2.24, 2.45) is 0 Å². The number of ether oxygens (including phenoxy) is 6. The summed E-state index contributed by atoms with van der Waals surface area (Å²) in [6.07, 6.45) is -11.8. The van der Waals surface area contributed by atoms with Crippen LogP contribution < -0.4 is 4.74 Å². The van der Waals surface area contributed by atoms with Crippen molar-refractivity contribution in [1.82, 2.24) is 0 Å². The van der Waals surface area contributed by atoms with Gasteiger partial charge in [-0.2, -0.15) is 0 Å². The molecule has 1 aromatic rings. The summed E-state index contributed by atoms with van der Waals surface area (Å²) in [4.78, 5) is 24.3. The third-order valence-corrected chi connectivity index (χ3v) is 7.34. The highest BCUT2D eigenvalue weighted by Crippen LogP contribution is 2.40.